The van der Waals surface area contributed by atoms with E-state index in [4.69, 9.17) is 0 Å². The molecule has 1 N–H and O–H groups in total. The van der Waals surface area contributed by atoms with E-state index < -0.39 is 27.8 Å². The molecule has 6 nitrogen and oxygen atoms in total. The van der Waals surface area contributed by atoms with Crippen molar-refractivity contribution in [3.63, 3.8) is 0 Å². The third-order valence-corrected chi connectivity index (χ3v) is 6.88. The molecule has 3 rings (SSSR count). The van der Waals surface area contributed by atoms with Gasteiger partial charge in [0.25, 0.3) is 5.91 Å². The van der Waals surface area contributed by atoms with Gasteiger partial charge in [0.05, 0.1) is 17.9 Å². The number of hydrogen-bond donors (Lipinski definition) is 1. The average Bonchev–Trinajstić information content (AvgIpc) is 2.75. The molecule has 0 aromatic heterocycles. The van der Waals surface area contributed by atoms with Crippen molar-refractivity contribution in [2.75, 3.05) is 23.7 Å². The fourth-order valence-corrected chi connectivity index (χ4v) is 4.29. The van der Waals surface area contributed by atoms with Gasteiger partial charge in [-0.1, -0.05) is 40.2 Å². The van der Waals surface area contributed by atoms with E-state index in [1.807, 2.05) is 0 Å². The lowest BCUT2D eigenvalue weighted by Gasteiger charge is -2.27. The maximum atomic E-state index is 14.4. The molecule has 0 saturated carbocycles. The Labute approximate surface area is 193 Å². The van der Waals surface area contributed by atoms with Gasteiger partial charge in [-0.3, -0.25) is 9.10 Å². The van der Waals surface area contributed by atoms with Crippen LogP contribution in [0.4, 0.5) is 20.2 Å². The van der Waals surface area contributed by atoms with Crippen molar-refractivity contribution in [3.05, 3.63) is 94.0 Å². The number of carbonyl (C=O) groups is 1. The molecule has 0 heterocycles. The van der Waals surface area contributed by atoms with Crippen LogP contribution in [0.1, 0.15) is 15.9 Å². The summed E-state index contributed by atoms with van der Waals surface area (Å²) in [7, 11) is -1.27. The smallest absolute Gasteiger partial charge is 0.303 e. The summed E-state index contributed by atoms with van der Waals surface area (Å²) in [5.41, 5.74) is 0.729. The number of nitrogens with zero attached hydrogens (tertiary/aromatic N) is 2. The lowest BCUT2D eigenvalue weighted by molar-refractivity contribution is 0.102. The summed E-state index contributed by atoms with van der Waals surface area (Å²) < 4.78 is 56.4. The molecule has 168 valence electrons. The Morgan fingerprint density at radius 3 is 2.22 bits per heavy atom. The highest BCUT2D eigenvalue weighted by molar-refractivity contribution is 9.10. The lowest BCUT2D eigenvalue weighted by Crippen LogP contribution is -2.40. The summed E-state index contributed by atoms with van der Waals surface area (Å²) in [5, 5.41) is 2.49. The van der Waals surface area contributed by atoms with Gasteiger partial charge in [-0.15, -0.1) is 0 Å². The van der Waals surface area contributed by atoms with Crippen LogP contribution in [0.5, 0.6) is 0 Å². The first-order chi connectivity index (χ1) is 15.1. The Morgan fingerprint density at radius 1 is 0.969 bits per heavy atom. The second kappa shape index (κ2) is 9.76. The number of hydrogen-bond acceptors (Lipinski definition) is 3. The quantitative estimate of drug-likeness (QED) is 0.483. The predicted molar refractivity (Wildman–Crippen MR) is 124 cm³/mol. The molecule has 3 aromatic rings. The molecule has 1 amide bonds. The number of benzene rings is 3. The van der Waals surface area contributed by atoms with Crippen LogP contribution in [0, 0.1) is 11.6 Å². The maximum absolute atomic E-state index is 14.4. The molecule has 0 aliphatic rings. The first-order valence-electron chi connectivity index (χ1n) is 9.39. The summed E-state index contributed by atoms with van der Waals surface area (Å²) in [6.45, 7) is -0.148. The normalized spacial score (nSPS) is 11.4. The van der Waals surface area contributed by atoms with Crippen LogP contribution in [0.15, 0.2) is 71.2 Å². The Balaban J connectivity index is 1.83. The Morgan fingerprint density at radius 2 is 1.62 bits per heavy atom. The molecule has 32 heavy (non-hydrogen) atoms. The van der Waals surface area contributed by atoms with Crippen LogP contribution < -0.4 is 9.62 Å². The van der Waals surface area contributed by atoms with Crippen LogP contribution in [-0.4, -0.2) is 32.7 Å². The van der Waals surface area contributed by atoms with Crippen LogP contribution in [-0.2, 0) is 16.8 Å². The summed E-state index contributed by atoms with van der Waals surface area (Å²) in [4.78, 5) is 12.4. The monoisotopic (exact) mass is 523 g/mol. The molecule has 0 saturated heterocycles. The second-order valence-electron chi connectivity index (χ2n) is 7.02. The molecule has 0 radical (unpaired) electrons. The van der Waals surface area contributed by atoms with Crippen molar-refractivity contribution in [3.8, 4) is 0 Å². The summed E-state index contributed by atoms with van der Waals surface area (Å²) in [6, 6.07) is 16.0. The van der Waals surface area contributed by atoms with Gasteiger partial charge < -0.3 is 5.32 Å². The van der Waals surface area contributed by atoms with Crippen LogP contribution in [0.25, 0.3) is 0 Å². The fourth-order valence-electron chi connectivity index (χ4n) is 2.85. The SMILES string of the molecule is CN(C)S(=O)(=O)N(Cc1ccc(C(=O)Nc2ccc(Br)cc2F)cc1)c1ccccc1F. The maximum Gasteiger partial charge on any atom is 0.303 e. The second-order valence-corrected chi connectivity index (χ2v) is 10.0. The van der Waals surface area contributed by atoms with Gasteiger partial charge in [0, 0.05) is 24.1 Å². The minimum absolute atomic E-state index is 0.0325. The fraction of sp³-hybridized carbons (Fsp3) is 0.136. The van der Waals surface area contributed by atoms with Crippen molar-refractivity contribution in [1.29, 1.82) is 0 Å². The molecular formula is C22H20BrF2N3O3S. The topological polar surface area (TPSA) is 69.7 Å². The molecule has 0 atom stereocenters. The van der Waals surface area contributed by atoms with Gasteiger partial charge >= 0.3 is 10.2 Å². The molecule has 0 bridgehead atoms. The zero-order chi connectivity index (χ0) is 23.5. The highest BCUT2D eigenvalue weighted by Gasteiger charge is 2.27. The predicted octanol–water partition coefficient (Wildman–Crippen LogP) is 4.79. The van der Waals surface area contributed by atoms with Crippen molar-refractivity contribution < 1.29 is 22.0 Å². The van der Waals surface area contributed by atoms with E-state index in [9.17, 15) is 22.0 Å². The van der Waals surface area contributed by atoms with Gasteiger partial charge in [0.2, 0.25) is 0 Å². The van der Waals surface area contributed by atoms with E-state index in [-0.39, 0.29) is 23.5 Å². The number of rotatable bonds is 7. The highest BCUT2D eigenvalue weighted by atomic mass is 79.9. The van der Waals surface area contributed by atoms with E-state index in [0.717, 1.165) is 8.61 Å². The summed E-state index contributed by atoms with van der Waals surface area (Å²) in [5.74, 6) is -1.78. The van der Waals surface area contributed by atoms with Crippen molar-refractivity contribution in [1.82, 2.24) is 4.31 Å². The first-order valence-corrected chi connectivity index (χ1v) is 11.6. The van der Waals surface area contributed by atoms with Gasteiger partial charge in [-0.05, 0) is 48.0 Å². The van der Waals surface area contributed by atoms with E-state index in [2.05, 4.69) is 21.2 Å². The third-order valence-electron chi connectivity index (χ3n) is 4.58. The van der Waals surface area contributed by atoms with E-state index >= 15 is 0 Å². The molecule has 0 spiro atoms. The number of carbonyl (C=O) groups excluding carboxylic acids is 1. The largest absolute Gasteiger partial charge is 0.319 e. The van der Waals surface area contributed by atoms with Gasteiger partial charge in [0.15, 0.2) is 0 Å². The third kappa shape index (κ3) is 5.32. The Bertz CT molecular complexity index is 1240. The molecule has 0 aliphatic carbocycles. The average molecular weight is 524 g/mol. The summed E-state index contributed by atoms with van der Waals surface area (Å²) in [6.07, 6.45) is 0. The molecule has 10 heteroatoms. The van der Waals surface area contributed by atoms with E-state index in [0.29, 0.717) is 10.0 Å². The Hall–Kier alpha value is -2.82. The van der Waals surface area contributed by atoms with Crippen molar-refractivity contribution in [2.45, 2.75) is 6.54 Å². The Kier molecular flexibility index (Phi) is 7.27. The number of amides is 1. The van der Waals surface area contributed by atoms with E-state index in [1.54, 1.807) is 24.3 Å². The number of para-hydroxylation sites is 1. The van der Waals surface area contributed by atoms with Crippen LogP contribution >= 0.6 is 15.9 Å². The van der Waals surface area contributed by atoms with Crippen molar-refractivity contribution >= 4 is 43.4 Å². The van der Waals surface area contributed by atoms with Gasteiger partial charge in [-0.25, -0.2) is 8.78 Å². The molecule has 0 unspecified atom stereocenters. The number of halogens is 3. The minimum atomic E-state index is -3.99. The molecule has 0 aliphatic heterocycles. The molecule has 3 aromatic carbocycles. The molecule has 0 fully saturated rings. The minimum Gasteiger partial charge on any atom is -0.319 e. The van der Waals surface area contributed by atoms with Crippen molar-refractivity contribution in [2.24, 2.45) is 0 Å². The first kappa shape index (κ1) is 23.8. The highest BCUT2D eigenvalue weighted by Crippen LogP contribution is 2.26. The zero-order valence-electron chi connectivity index (χ0n) is 17.2. The molecular weight excluding hydrogens is 504 g/mol. The standard InChI is InChI=1S/C22H20BrF2N3O3S/c1-27(2)32(30,31)28(21-6-4-3-5-18(21)24)14-15-7-9-16(10-8-15)22(29)26-20-12-11-17(23)13-19(20)25/h3-13H,14H2,1-2H3,(H,26,29). The zero-order valence-corrected chi connectivity index (χ0v) is 19.6. The van der Waals surface area contributed by atoms with Gasteiger partial charge in [-0.2, -0.15) is 12.7 Å². The number of nitrogens with one attached hydrogen (secondary N) is 1. The summed E-state index contributed by atoms with van der Waals surface area (Å²) >= 11 is 3.15. The number of anilines is 2. The van der Waals surface area contributed by atoms with Crippen LogP contribution in [0.2, 0.25) is 0 Å². The lowest BCUT2D eigenvalue weighted by atomic mass is 10.1. The van der Waals surface area contributed by atoms with E-state index in [1.165, 1.54) is 56.6 Å². The van der Waals surface area contributed by atoms with Crippen LogP contribution in [0.3, 0.4) is 0 Å². The van der Waals surface area contributed by atoms with Gasteiger partial charge in [0.1, 0.15) is 11.6 Å².